The summed E-state index contributed by atoms with van der Waals surface area (Å²) in [6.07, 6.45) is 3.40. The van der Waals surface area contributed by atoms with E-state index in [9.17, 15) is 10.2 Å². The fourth-order valence-electron chi connectivity index (χ4n) is 3.40. The van der Waals surface area contributed by atoms with Crippen molar-refractivity contribution in [1.29, 1.82) is 0 Å². The second kappa shape index (κ2) is 8.84. The first-order valence-electron chi connectivity index (χ1n) is 9.30. The molecule has 0 aliphatic rings. The number of hydrogen-bond donors (Lipinski definition) is 2. The second-order valence-electron chi connectivity index (χ2n) is 6.52. The number of aryl methyl sites for hydroxylation is 2. The molecule has 0 amide bonds. The summed E-state index contributed by atoms with van der Waals surface area (Å²) in [5.74, 6) is 1.09. The molecular formula is C22H30O4. The molecule has 0 spiro atoms. The zero-order valence-corrected chi connectivity index (χ0v) is 16.4. The van der Waals surface area contributed by atoms with Crippen LogP contribution in [0.15, 0.2) is 24.3 Å². The second-order valence-corrected chi connectivity index (χ2v) is 6.52. The van der Waals surface area contributed by atoms with E-state index in [0.717, 1.165) is 47.9 Å². The summed E-state index contributed by atoms with van der Waals surface area (Å²) in [5, 5.41) is 21.5. The third kappa shape index (κ3) is 3.90. The van der Waals surface area contributed by atoms with Crippen molar-refractivity contribution < 1.29 is 19.7 Å². The Hall–Kier alpha value is -2.36. The van der Waals surface area contributed by atoms with Gasteiger partial charge in [0.15, 0.2) is 23.0 Å². The lowest BCUT2D eigenvalue weighted by Gasteiger charge is -2.23. The van der Waals surface area contributed by atoms with E-state index in [1.807, 2.05) is 24.3 Å². The van der Waals surface area contributed by atoms with Gasteiger partial charge in [0.1, 0.15) is 0 Å². The number of ether oxygens (including phenoxy) is 2. The molecule has 2 rings (SSSR count). The average molecular weight is 358 g/mol. The molecule has 0 saturated carbocycles. The first-order chi connectivity index (χ1) is 12.5. The Balaban J connectivity index is 2.71. The minimum Gasteiger partial charge on any atom is -0.504 e. The Morgan fingerprint density at radius 2 is 1.19 bits per heavy atom. The van der Waals surface area contributed by atoms with Gasteiger partial charge in [-0.2, -0.15) is 0 Å². The minimum absolute atomic E-state index is 0.138. The number of phenols is 2. The normalized spacial score (nSPS) is 11.0. The van der Waals surface area contributed by atoms with Crippen LogP contribution in [0.3, 0.4) is 0 Å². The van der Waals surface area contributed by atoms with Gasteiger partial charge in [-0.15, -0.1) is 0 Å². The van der Waals surface area contributed by atoms with Crippen molar-refractivity contribution in [2.24, 2.45) is 0 Å². The fraction of sp³-hybridized carbons (Fsp3) is 0.455. The van der Waals surface area contributed by atoms with Crippen molar-refractivity contribution in [2.45, 2.75) is 52.4 Å². The van der Waals surface area contributed by atoms with E-state index in [2.05, 4.69) is 20.8 Å². The van der Waals surface area contributed by atoms with Crippen LogP contribution in [0.25, 0.3) is 0 Å². The van der Waals surface area contributed by atoms with E-state index >= 15 is 0 Å². The monoisotopic (exact) mass is 358 g/mol. The van der Waals surface area contributed by atoms with E-state index < -0.39 is 0 Å². The zero-order valence-electron chi connectivity index (χ0n) is 16.4. The van der Waals surface area contributed by atoms with E-state index in [1.165, 1.54) is 0 Å². The van der Waals surface area contributed by atoms with Crippen LogP contribution in [0.2, 0.25) is 0 Å². The number of phenolic OH excluding ortho intramolecular Hbond substituents is 2. The fourth-order valence-corrected chi connectivity index (χ4v) is 3.40. The summed E-state index contributed by atoms with van der Waals surface area (Å²) in [7, 11) is 3.12. The molecule has 0 aliphatic carbocycles. The number of methoxy groups -OCH3 is 2. The summed E-state index contributed by atoms with van der Waals surface area (Å²) >= 11 is 0. The maximum atomic E-state index is 10.8. The van der Waals surface area contributed by atoms with Crippen LogP contribution in [0.5, 0.6) is 23.0 Å². The van der Waals surface area contributed by atoms with Crippen LogP contribution in [0.4, 0.5) is 0 Å². The SMILES string of the molecule is CCCC(c1cc(CC)cc(OC)c1O)c1cc(CC)cc(OC)c1O. The number of aromatic hydroxyl groups is 2. The van der Waals surface area contributed by atoms with E-state index in [0.29, 0.717) is 11.5 Å². The van der Waals surface area contributed by atoms with Crippen molar-refractivity contribution in [1.82, 2.24) is 0 Å². The molecule has 0 radical (unpaired) electrons. The highest BCUT2D eigenvalue weighted by molar-refractivity contribution is 5.57. The van der Waals surface area contributed by atoms with Gasteiger partial charge in [0, 0.05) is 17.0 Å². The van der Waals surface area contributed by atoms with Gasteiger partial charge in [-0.25, -0.2) is 0 Å². The molecule has 0 unspecified atom stereocenters. The highest BCUT2D eigenvalue weighted by Gasteiger charge is 2.25. The van der Waals surface area contributed by atoms with Crippen LogP contribution >= 0.6 is 0 Å². The molecule has 0 aromatic heterocycles. The van der Waals surface area contributed by atoms with Crippen LogP contribution in [-0.2, 0) is 12.8 Å². The van der Waals surface area contributed by atoms with Gasteiger partial charge in [-0.1, -0.05) is 39.3 Å². The molecule has 2 aromatic carbocycles. The van der Waals surface area contributed by atoms with Gasteiger partial charge in [0.05, 0.1) is 14.2 Å². The van der Waals surface area contributed by atoms with Gasteiger partial charge in [-0.05, 0) is 42.5 Å². The molecule has 4 nitrogen and oxygen atoms in total. The largest absolute Gasteiger partial charge is 0.504 e. The Morgan fingerprint density at radius 3 is 1.50 bits per heavy atom. The third-order valence-corrected chi connectivity index (χ3v) is 4.91. The van der Waals surface area contributed by atoms with Crippen LogP contribution in [0.1, 0.15) is 61.8 Å². The molecule has 0 heterocycles. The first kappa shape index (κ1) is 20.0. The molecule has 0 aliphatic heterocycles. The highest BCUT2D eigenvalue weighted by atomic mass is 16.5. The quantitative estimate of drug-likeness (QED) is 0.683. The Bertz CT molecular complexity index is 691. The lowest BCUT2D eigenvalue weighted by Crippen LogP contribution is -2.05. The van der Waals surface area contributed by atoms with Gasteiger partial charge < -0.3 is 19.7 Å². The molecule has 2 aromatic rings. The minimum atomic E-state index is -0.138. The van der Waals surface area contributed by atoms with Gasteiger partial charge in [0.2, 0.25) is 0 Å². The average Bonchev–Trinajstić information content (AvgIpc) is 2.67. The lowest BCUT2D eigenvalue weighted by atomic mass is 9.84. The van der Waals surface area contributed by atoms with E-state index in [4.69, 9.17) is 9.47 Å². The van der Waals surface area contributed by atoms with Crippen LogP contribution in [0, 0.1) is 0 Å². The van der Waals surface area contributed by atoms with Gasteiger partial charge >= 0.3 is 0 Å². The maximum Gasteiger partial charge on any atom is 0.161 e. The van der Waals surface area contributed by atoms with Crippen molar-refractivity contribution in [3.8, 4) is 23.0 Å². The number of rotatable bonds is 8. The van der Waals surface area contributed by atoms with Crippen molar-refractivity contribution in [2.75, 3.05) is 14.2 Å². The summed E-state index contributed by atoms with van der Waals surface area (Å²) in [6, 6.07) is 7.76. The summed E-state index contributed by atoms with van der Waals surface area (Å²) < 4.78 is 10.8. The smallest absolute Gasteiger partial charge is 0.161 e. The highest BCUT2D eigenvalue weighted by Crippen LogP contribution is 2.46. The predicted molar refractivity (Wildman–Crippen MR) is 105 cm³/mol. The van der Waals surface area contributed by atoms with Crippen LogP contribution in [-0.4, -0.2) is 24.4 Å². The topological polar surface area (TPSA) is 58.9 Å². The molecule has 0 atom stereocenters. The van der Waals surface area contributed by atoms with Crippen molar-refractivity contribution in [3.05, 3.63) is 46.5 Å². The van der Waals surface area contributed by atoms with Gasteiger partial charge in [0.25, 0.3) is 0 Å². The molecular weight excluding hydrogens is 328 g/mol. The first-order valence-corrected chi connectivity index (χ1v) is 9.30. The summed E-state index contributed by atoms with van der Waals surface area (Å²) in [5.41, 5.74) is 3.75. The molecule has 0 bridgehead atoms. The van der Waals surface area contributed by atoms with Crippen molar-refractivity contribution in [3.63, 3.8) is 0 Å². The summed E-state index contributed by atoms with van der Waals surface area (Å²) in [4.78, 5) is 0. The lowest BCUT2D eigenvalue weighted by molar-refractivity contribution is 0.363. The maximum absolute atomic E-state index is 10.8. The number of benzene rings is 2. The number of hydrogen-bond acceptors (Lipinski definition) is 4. The zero-order chi connectivity index (χ0) is 19.3. The van der Waals surface area contributed by atoms with E-state index in [1.54, 1.807) is 14.2 Å². The molecule has 26 heavy (non-hydrogen) atoms. The Kier molecular flexibility index (Phi) is 6.78. The van der Waals surface area contributed by atoms with Gasteiger partial charge in [-0.3, -0.25) is 0 Å². The Labute approximate surface area is 156 Å². The summed E-state index contributed by atoms with van der Waals surface area (Å²) in [6.45, 7) is 6.24. The molecule has 2 N–H and O–H groups in total. The predicted octanol–water partition coefficient (Wildman–Crippen LogP) is 5.17. The molecule has 142 valence electrons. The Morgan fingerprint density at radius 1 is 0.769 bits per heavy atom. The third-order valence-electron chi connectivity index (χ3n) is 4.91. The van der Waals surface area contributed by atoms with E-state index in [-0.39, 0.29) is 17.4 Å². The molecule has 0 saturated heterocycles. The van der Waals surface area contributed by atoms with Crippen molar-refractivity contribution >= 4 is 0 Å². The van der Waals surface area contributed by atoms with Crippen LogP contribution < -0.4 is 9.47 Å². The molecule has 0 fully saturated rings. The molecule has 4 heteroatoms. The standard InChI is InChI=1S/C22H30O4/c1-6-9-16(17-10-14(7-2)12-19(25-4)21(17)23)18-11-15(8-3)13-20(26-5)22(18)24/h10-13,16,23-24H,6-9H2,1-5H3.